The summed E-state index contributed by atoms with van der Waals surface area (Å²) in [5, 5.41) is 14.1. The van der Waals surface area contributed by atoms with Crippen LogP contribution in [-0.2, 0) is 0 Å². The molecule has 6 heteroatoms. The molecule has 0 atom stereocenters. The summed E-state index contributed by atoms with van der Waals surface area (Å²) in [6, 6.07) is 5.89. The van der Waals surface area contributed by atoms with E-state index in [4.69, 9.17) is 0 Å². The summed E-state index contributed by atoms with van der Waals surface area (Å²) in [6.07, 6.45) is 0. The zero-order chi connectivity index (χ0) is 13.1. The number of rotatable bonds is 4. The van der Waals surface area contributed by atoms with Gasteiger partial charge in [0, 0.05) is 16.9 Å². The highest BCUT2D eigenvalue weighted by Gasteiger charge is 2.24. The molecule has 0 radical (unpaired) electrons. The summed E-state index contributed by atoms with van der Waals surface area (Å²) >= 11 is 3.27. The van der Waals surface area contributed by atoms with Crippen LogP contribution in [-0.4, -0.2) is 21.7 Å². The van der Waals surface area contributed by atoms with Gasteiger partial charge in [0.25, 0.3) is 11.6 Å². The number of nitrogens with zero attached hydrogens (tertiary/aromatic N) is 1. The van der Waals surface area contributed by atoms with Gasteiger partial charge in [0.1, 0.15) is 5.56 Å². The summed E-state index contributed by atoms with van der Waals surface area (Å²) in [7, 11) is 0. The molecular formula is C11H13BrN2O3. The minimum Gasteiger partial charge on any atom is -0.346 e. The van der Waals surface area contributed by atoms with Crippen molar-refractivity contribution >= 4 is 27.5 Å². The Kier molecular flexibility index (Phi) is 4.22. The molecule has 0 fully saturated rings. The lowest BCUT2D eigenvalue weighted by Crippen LogP contribution is -2.44. The van der Waals surface area contributed by atoms with Crippen LogP contribution < -0.4 is 5.32 Å². The molecule has 0 saturated heterocycles. The minimum absolute atomic E-state index is 0.0755. The number of amides is 1. The number of carbonyl (C=O) groups is 1. The van der Waals surface area contributed by atoms with Gasteiger partial charge in [-0.05, 0) is 19.9 Å². The third-order valence-corrected chi connectivity index (χ3v) is 3.53. The molecule has 1 aromatic rings. The summed E-state index contributed by atoms with van der Waals surface area (Å²) in [5.41, 5.74) is -0.567. The second-order valence-corrected chi connectivity index (χ2v) is 4.81. The van der Waals surface area contributed by atoms with Gasteiger partial charge in [0.2, 0.25) is 0 Å². The fourth-order valence-electron chi connectivity index (χ4n) is 1.23. The van der Waals surface area contributed by atoms with Gasteiger partial charge in [-0.15, -0.1) is 0 Å². The number of carbonyl (C=O) groups excluding carboxylic acids is 1. The molecule has 0 aliphatic rings. The first kappa shape index (κ1) is 13.6. The molecular weight excluding hydrogens is 288 g/mol. The zero-order valence-electron chi connectivity index (χ0n) is 9.57. The van der Waals surface area contributed by atoms with Crippen molar-refractivity contribution in [2.24, 2.45) is 0 Å². The molecule has 0 saturated carbocycles. The van der Waals surface area contributed by atoms with E-state index in [-0.39, 0.29) is 11.3 Å². The molecule has 92 valence electrons. The van der Waals surface area contributed by atoms with E-state index in [1.54, 1.807) is 6.07 Å². The Morgan fingerprint density at radius 1 is 1.47 bits per heavy atom. The standard InChI is InChI=1S/C11H13BrN2O3/c1-11(2,7-12)13-10(15)8-5-3-4-6-9(8)14(16)17/h3-6H,7H2,1-2H3,(H,13,15). The molecule has 17 heavy (non-hydrogen) atoms. The number of para-hydroxylation sites is 1. The van der Waals surface area contributed by atoms with E-state index in [0.29, 0.717) is 5.33 Å². The average Bonchev–Trinajstić information content (AvgIpc) is 2.28. The Morgan fingerprint density at radius 2 is 2.06 bits per heavy atom. The van der Waals surface area contributed by atoms with Crippen LogP contribution in [0.25, 0.3) is 0 Å². The zero-order valence-corrected chi connectivity index (χ0v) is 11.2. The van der Waals surface area contributed by atoms with Gasteiger partial charge in [-0.3, -0.25) is 14.9 Å². The van der Waals surface area contributed by atoms with Crippen LogP contribution >= 0.6 is 15.9 Å². The van der Waals surface area contributed by atoms with Crippen molar-refractivity contribution in [1.82, 2.24) is 5.32 Å². The predicted molar refractivity (Wildman–Crippen MR) is 68.4 cm³/mol. The predicted octanol–water partition coefficient (Wildman–Crippen LogP) is 2.50. The Labute approximate surface area is 107 Å². The van der Waals surface area contributed by atoms with E-state index in [1.807, 2.05) is 13.8 Å². The van der Waals surface area contributed by atoms with Crippen LogP contribution in [0.15, 0.2) is 24.3 Å². The lowest BCUT2D eigenvalue weighted by molar-refractivity contribution is -0.385. The second kappa shape index (κ2) is 5.27. The van der Waals surface area contributed by atoms with E-state index in [1.165, 1.54) is 18.2 Å². The van der Waals surface area contributed by atoms with E-state index in [2.05, 4.69) is 21.2 Å². The summed E-state index contributed by atoms with van der Waals surface area (Å²) < 4.78 is 0. The fourth-order valence-corrected chi connectivity index (χ4v) is 1.37. The summed E-state index contributed by atoms with van der Waals surface area (Å²) in [5.74, 6) is -0.443. The Bertz CT molecular complexity index is 446. The van der Waals surface area contributed by atoms with Crippen LogP contribution in [0.4, 0.5) is 5.69 Å². The van der Waals surface area contributed by atoms with E-state index in [9.17, 15) is 14.9 Å². The van der Waals surface area contributed by atoms with Crippen LogP contribution in [0.1, 0.15) is 24.2 Å². The van der Waals surface area contributed by atoms with E-state index in [0.717, 1.165) is 0 Å². The SMILES string of the molecule is CC(C)(CBr)NC(=O)c1ccccc1[N+](=O)[O-]. The quantitative estimate of drug-likeness (QED) is 0.527. The molecule has 1 amide bonds. The number of nitrogens with one attached hydrogen (secondary N) is 1. The van der Waals surface area contributed by atoms with Gasteiger partial charge in [-0.2, -0.15) is 0 Å². The topological polar surface area (TPSA) is 72.2 Å². The molecule has 0 bridgehead atoms. The number of nitro benzene ring substituents is 1. The van der Waals surface area contributed by atoms with Crippen LogP contribution in [0.5, 0.6) is 0 Å². The first-order chi connectivity index (χ1) is 7.87. The number of alkyl halides is 1. The lowest BCUT2D eigenvalue weighted by Gasteiger charge is -2.23. The number of halogens is 1. The molecule has 0 aliphatic carbocycles. The summed E-state index contributed by atoms with van der Waals surface area (Å²) in [4.78, 5) is 22.1. The molecule has 1 aromatic carbocycles. The van der Waals surface area contributed by atoms with Gasteiger partial charge in [0.05, 0.1) is 4.92 Å². The molecule has 0 aromatic heterocycles. The van der Waals surface area contributed by atoms with Crippen molar-refractivity contribution in [2.75, 3.05) is 5.33 Å². The van der Waals surface area contributed by atoms with Gasteiger partial charge in [-0.1, -0.05) is 28.1 Å². The van der Waals surface area contributed by atoms with E-state index >= 15 is 0 Å². The Hall–Kier alpha value is -1.43. The molecule has 1 rings (SSSR count). The molecule has 0 spiro atoms. The van der Waals surface area contributed by atoms with Crippen LogP contribution in [0.2, 0.25) is 0 Å². The van der Waals surface area contributed by atoms with E-state index < -0.39 is 16.4 Å². The molecule has 0 unspecified atom stereocenters. The number of nitro groups is 1. The van der Waals surface area contributed by atoms with Crippen molar-refractivity contribution in [1.29, 1.82) is 0 Å². The van der Waals surface area contributed by atoms with Gasteiger partial charge in [0.15, 0.2) is 0 Å². The largest absolute Gasteiger partial charge is 0.346 e. The van der Waals surface area contributed by atoms with Crippen LogP contribution in [0, 0.1) is 10.1 Å². The smallest absolute Gasteiger partial charge is 0.282 e. The first-order valence-electron chi connectivity index (χ1n) is 4.99. The van der Waals surface area contributed by atoms with Gasteiger partial charge >= 0.3 is 0 Å². The highest BCUT2D eigenvalue weighted by molar-refractivity contribution is 9.09. The normalized spacial score (nSPS) is 11.0. The maximum atomic E-state index is 11.9. The first-order valence-corrected chi connectivity index (χ1v) is 6.11. The number of benzene rings is 1. The molecule has 5 nitrogen and oxygen atoms in total. The molecule has 0 heterocycles. The number of hydrogen-bond acceptors (Lipinski definition) is 3. The average molecular weight is 301 g/mol. The Balaban J connectivity index is 3.01. The van der Waals surface area contributed by atoms with Crippen LogP contribution in [0.3, 0.4) is 0 Å². The highest BCUT2D eigenvalue weighted by atomic mass is 79.9. The third-order valence-electron chi connectivity index (χ3n) is 2.13. The lowest BCUT2D eigenvalue weighted by atomic mass is 10.1. The second-order valence-electron chi connectivity index (χ2n) is 4.25. The monoisotopic (exact) mass is 300 g/mol. The van der Waals surface area contributed by atoms with Crippen molar-refractivity contribution in [2.45, 2.75) is 19.4 Å². The summed E-state index contributed by atoms with van der Waals surface area (Å²) in [6.45, 7) is 3.66. The maximum Gasteiger partial charge on any atom is 0.282 e. The van der Waals surface area contributed by atoms with Gasteiger partial charge < -0.3 is 5.32 Å². The molecule has 1 N–H and O–H groups in total. The molecule has 0 aliphatic heterocycles. The maximum absolute atomic E-state index is 11.9. The number of hydrogen-bond donors (Lipinski definition) is 1. The Morgan fingerprint density at radius 3 is 2.59 bits per heavy atom. The highest BCUT2D eigenvalue weighted by Crippen LogP contribution is 2.18. The van der Waals surface area contributed by atoms with Crippen molar-refractivity contribution in [3.8, 4) is 0 Å². The van der Waals surface area contributed by atoms with Crippen molar-refractivity contribution < 1.29 is 9.72 Å². The van der Waals surface area contributed by atoms with Gasteiger partial charge in [-0.25, -0.2) is 0 Å². The third kappa shape index (κ3) is 3.52. The van der Waals surface area contributed by atoms with Crippen molar-refractivity contribution in [3.63, 3.8) is 0 Å². The minimum atomic E-state index is -0.559. The fraction of sp³-hybridized carbons (Fsp3) is 0.364. The van der Waals surface area contributed by atoms with Crippen molar-refractivity contribution in [3.05, 3.63) is 39.9 Å².